The van der Waals surface area contributed by atoms with E-state index >= 15 is 0 Å². The molecule has 0 saturated heterocycles. The SMILES string of the molecule is COc1ccc(OC)c(NCC(O)CO)c1. The first-order valence-electron chi connectivity index (χ1n) is 4.96. The van der Waals surface area contributed by atoms with E-state index < -0.39 is 6.10 Å². The van der Waals surface area contributed by atoms with Gasteiger partial charge in [0.15, 0.2) is 0 Å². The van der Waals surface area contributed by atoms with E-state index in [9.17, 15) is 5.11 Å². The van der Waals surface area contributed by atoms with Crippen molar-refractivity contribution in [3.8, 4) is 11.5 Å². The number of ether oxygens (including phenoxy) is 2. The van der Waals surface area contributed by atoms with Crippen LogP contribution in [-0.4, -0.2) is 43.7 Å². The largest absolute Gasteiger partial charge is 0.497 e. The molecule has 16 heavy (non-hydrogen) atoms. The Morgan fingerprint density at radius 2 is 2.06 bits per heavy atom. The Bertz CT molecular complexity index is 330. The molecule has 3 N–H and O–H groups in total. The summed E-state index contributed by atoms with van der Waals surface area (Å²) in [7, 11) is 3.14. The number of anilines is 1. The molecule has 0 aliphatic rings. The zero-order chi connectivity index (χ0) is 12.0. The van der Waals surface area contributed by atoms with Gasteiger partial charge in [-0.05, 0) is 12.1 Å². The van der Waals surface area contributed by atoms with Gasteiger partial charge in [-0.15, -0.1) is 0 Å². The second kappa shape index (κ2) is 6.19. The van der Waals surface area contributed by atoms with Gasteiger partial charge in [-0.1, -0.05) is 0 Å². The van der Waals surface area contributed by atoms with E-state index in [0.717, 1.165) is 0 Å². The Balaban J connectivity index is 2.75. The number of hydrogen-bond acceptors (Lipinski definition) is 5. The zero-order valence-corrected chi connectivity index (χ0v) is 9.43. The molecule has 1 atom stereocenters. The lowest BCUT2D eigenvalue weighted by Gasteiger charge is -2.14. The lowest BCUT2D eigenvalue weighted by Crippen LogP contribution is -2.23. The maximum Gasteiger partial charge on any atom is 0.142 e. The molecule has 0 amide bonds. The van der Waals surface area contributed by atoms with Crippen LogP contribution in [0.1, 0.15) is 0 Å². The molecule has 0 saturated carbocycles. The Morgan fingerprint density at radius 3 is 2.62 bits per heavy atom. The summed E-state index contributed by atoms with van der Waals surface area (Å²) in [5.41, 5.74) is 0.717. The number of hydrogen-bond donors (Lipinski definition) is 3. The van der Waals surface area contributed by atoms with Crippen LogP contribution in [0.15, 0.2) is 18.2 Å². The van der Waals surface area contributed by atoms with Gasteiger partial charge >= 0.3 is 0 Å². The molecule has 0 aromatic heterocycles. The van der Waals surface area contributed by atoms with Crippen molar-refractivity contribution in [3.05, 3.63) is 18.2 Å². The minimum atomic E-state index is -0.795. The quantitative estimate of drug-likeness (QED) is 0.659. The van der Waals surface area contributed by atoms with Gasteiger partial charge in [0.2, 0.25) is 0 Å². The Hall–Kier alpha value is -1.46. The van der Waals surface area contributed by atoms with Gasteiger partial charge in [-0.2, -0.15) is 0 Å². The van der Waals surface area contributed by atoms with E-state index in [2.05, 4.69) is 5.32 Å². The molecular weight excluding hydrogens is 210 g/mol. The molecule has 0 spiro atoms. The monoisotopic (exact) mass is 227 g/mol. The molecule has 0 radical (unpaired) electrons. The van der Waals surface area contributed by atoms with Crippen LogP contribution >= 0.6 is 0 Å². The maximum atomic E-state index is 9.22. The molecule has 5 nitrogen and oxygen atoms in total. The summed E-state index contributed by atoms with van der Waals surface area (Å²) in [6.07, 6.45) is -0.795. The van der Waals surface area contributed by atoms with Crippen molar-refractivity contribution < 1.29 is 19.7 Å². The molecule has 5 heteroatoms. The third-order valence-electron chi connectivity index (χ3n) is 2.15. The predicted octanol–water partition coefficient (Wildman–Crippen LogP) is 0.469. The molecule has 1 aromatic rings. The minimum Gasteiger partial charge on any atom is -0.497 e. The predicted molar refractivity (Wildman–Crippen MR) is 61.1 cm³/mol. The average molecular weight is 227 g/mol. The smallest absolute Gasteiger partial charge is 0.142 e. The van der Waals surface area contributed by atoms with Gasteiger partial charge < -0.3 is 25.0 Å². The van der Waals surface area contributed by atoms with Gasteiger partial charge in [0.25, 0.3) is 0 Å². The summed E-state index contributed by atoms with van der Waals surface area (Å²) in [5, 5.41) is 20.9. The Kier molecular flexibility index (Phi) is 4.88. The number of nitrogens with one attached hydrogen (secondary N) is 1. The normalized spacial score (nSPS) is 12.0. The van der Waals surface area contributed by atoms with Crippen molar-refractivity contribution in [2.24, 2.45) is 0 Å². The van der Waals surface area contributed by atoms with Crippen molar-refractivity contribution >= 4 is 5.69 Å². The van der Waals surface area contributed by atoms with Crippen LogP contribution in [0.3, 0.4) is 0 Å². The zero-order valence-electron chi connectivity index (χ0n) is 9.43. The maximum absolute atomic E-state index is 9.22. The van der Waals surface area contributed by atoms with Gasteiger partial charge in [0.1, 0.15) is 11.5 Å². The van der Waals surface area contributed by atoms with Crippen LogP contribution in [0.5, 0.6) is 11.5 Å². The first-order valence-corrected chi connectivity index (χ1v) is 4.96. The summed E-state index contributed by atoms with van der Waals surface area (Å²) >= 11 is 0. The summed E-state index contributed by atoms with van der Waals surface area (Å²) in [6, 6.07) is 5.32. The van der Waals surface area contributed by atoms with Crippen molar-refractivity contribution in [1.82, 2.24) is 0 Å². The molecule has 0 heterocycles. The van der Waals surface area contributed by atoms with Crippen LogP contribution in [0.2, 0.25) is 0 Å². The molecule has 1 unspecified atom stereocenters. The van der Waals surface area contributed by atoms with Crippen molar-refractivity contribution in [1.29, 1.82) is 0 Å². The lowest BCUT2D eigenvalue weighted by atomic mass is 10.2. The highest BCUT2D eigenvalue weighted by molar-refractivity contribution is 5.59. The molecule has 0 bridgehead atoms. The Labute approximate surface area is 94.6 Å². The summed E-state index contributed by atoms with van der Waals surface area (Å²) in [6.45, 7) is -0.0285. The Morgan fingerprint density at radius 1 is 1.31 bits per heavy atom. The topological polar surface area (TPSA) is 71.0 Å². The van der Waals surface area contributed by atoms with Gasteiger partial charge in [0, 0.05) is 12.6 Å². The standard InChI is InChI=1S/C11H17NO4/c1-15-9-3-4-11(16-2)10(5-9)12-6-8(14)7-13/h3-5,8,12-14H,6-7H2,1-2H3. The number of aliphatic hydroxyl groups is 2. The molecule has 1 aromatic carbocycles. The summed E-state index contributed by atoms with van der Waals surface area (Å²) in [4.78, 5) is 0. The van der Waals surface area contributed by atoms with Crippen molar-refractivity contribution in [3.63, 3.8) is 0 Å². The van der Waals surface area contributed by atoms with Crippen molar-refractivity contribution in [2.45, 2.75) is 6.10 Å². The molecule has 1 rings (SSSR count). The lowest BCUT2D eigenvalue weighted by molar-refractivity contribution is 0.105. The van der Waals surface area contributed by atoms with Gasteiger partial charge in [-0.3, -0.25) is 0 Å². The van der Waals surface area contributed by atoms with E-state index in [0.29, 0.717) is 17.2 Å². The summed E-state index contributed by atoms with van der Waals surface area (Å²) < 4.78 is 10.2. The van der Waals surface area contributed by atoms with Crippen LogP contribution in [0.25, 0.3) is 0 Å². The second-order valence-electron chi connectivity index (χ2n) is 3.28. The minimum absolute atomic E-state index is 0.250. The molecule has 0 fully saturated rings. The number of aliphatic hydroxyl groups excluding tert-OH is 2. The molecule has 0 aliphatic heterocycles. The van der Waals surface area contributed by atoms with Gasteiger partial charge in [0.05, 0.1) is 32.6 Å². The van der Waals surface area contributed by atoms with E-state index in [4.69, 9.17) is 14.6 Å². The fraction of sp³-hybridized carbons (Fsp3) is 0.455. The van der Waals surface area contributed by atoms with E-state index in [1.54, 1.807) is 32.4 Å². The van der Waals surface area contributed by atoms with E-state index in [1.165, 1.54) is 0 Å². The van der Waals surface area contributed by atoms with Crippen LogP contribution in [0, 0.1) is 0 Å². The highest BCUT2D eigenvalue weighted by Gasteiger charge is 2.07. The van der Waals surface area contributed by atoms with Crippen LogP contribution in [-0.2, 0) is 0 Å². The first kappa shape index (κ1) is 12.6. The number of rotatable bonds is 6. The van der Waals surface area contributed by atoms with Gasteiger partial charge in [-0.25, -0.2) is 0 Å². The van der Waals surface area contributed by atoms with Crippen LogP contribution in [0.4, 0.5) is 5.69 Å². The molecule has 0 aliphatic carbocycles. The van der Waals surface area contributed by atoms with E-state index in [-0.39, 0.29) is 13.2 Å². The highest BCUT2D eigenvalue weighted by Crippen LogP contribution is 2.28. The average Bonchev–Trinajstić information content (AvgIpc) is 2.35. The summed E-state index contributed by atoms with van der Waals surface area (Å²) in [5.74, 6) is 1.35. The second-order valence-corrected chi connectivity index (χ2v) is 3.28. The third kappa shape index (κ3) is 3.29. The molecular formula is C11H17NO4. The molecule has 90 valence electrons. The highest BCUT2D eigenvalue weighted by atomic mass is 16.5. The number of methoxy groups -OCH3 is 2. The van der Waals surface area contributed by atoms with Crippen molar-refractivity contribution in [2.75, 3.05) is 32.7 Å². The number of benzene rings is 1. The fourth-order valence-corrected chi connectivity index (χ4v) is 1.24. The van der Waals surface area contributed by atoms with E-state index in [1.807, 2.05) is 0 Å². The first-order chi connectivity index (χ1) is 7.71. The fourth-order valence-electron chi connectivity index (χ4n) is 1.24. The van der Waals surface area contributed by atoms with Crippen LogP contribution < -0.4 is 14.8 Å². The third-order valence-corrected chi connectivity index (χ3v) is 2.15.